The third kappa shape index (κ3) is 2.45. The van der Waals surface area contributed by atoms with Gasteiger partial charge in [-0.15, -0.1) is 0 Å². The molecule has 0 radical (unpaired) electrons. The van der Waals surface area contributed by atoms with E-state index in [9.17, 15) is 8.42 Å². The fourth-order valence-corrected chi connectivity index (χ4v) is 1.76. The molecule has 0 aliphatic heterocycles. The molecule has 1 aromatic rings. The average molecular weight is 210 g/mol. The number of hydrogen-bond acceptors (Lipinski definition) is 2. The highest BCUT2D eigenvalue weighted by molar-refractivity contribution is 7.90. The smallest absolute Gasteiger partial charge is 0.175 e. The van der Waals surface area contributed by atoms with Gasteiger partial charge in [0.1, 0.15) is 0 Å². The lowest BCUT2D eigenvalue weighted by Gasteiger charge is -2.02. The van der Waals surface area contributed by atoms with Crippen molar-refractivity contribution in [3.05, 3.63) is 35.9 Å². The van der Waals surface area contributed by atoms with E-state index in [2.05, 4.69) is 0 Å². The Kier molecular flexibility index (Phi) is 3.11. The lowest BCUT2D eigenvalue weighted by atomic mass is 10.1. The SMILES string of the molecule is CC=C(C)c1ccc(S(C)(=O)=O)cc1. The zero-order chi connectivity index (χ0) is 10.8. The molecule has 0 atom stereocenters. The summed E-state index contributed by atoms with van der Waals surface area (Å²) in [4.78, 5) is 0.366. The molecule has 0 spiro atoms. The Labute approximate surface area is 85.2 Å². The van der Waals surface area contributed by atoms with Crippen LogP contribution < -0.4 is 0 Å². The van der Waals surface area contributed by atoms with Gasteiger partial charge in [0.05, 0.1) is 4.90 Å². The third-order valence-corrected chi connectivity index (χ3v) is 3.30. The minimum absolute atomic E-state index is 0.366. The van der Waals surface area contributed by atoms with Gasteiger partial charge < -0.3 is 0 Å². The van der Waals surface area contributed by atoms with Crippen LogP contribution in [0.3, 0.4) is 0 Å². The Balaban J connectivity index is 3.14. The van der Waals surface area contributed by atoms with Crippen LogP contribution >= 0.6 is 0 Å². The van der Waals surface area contributed by atoms with Crippen molar-refractivity contribution in [3.8, 4) is 0 Å². The Morgan fingerprint density at radius 1 is 1.21 bits per heavy atom. The molecule has 1 aromatic carbocycles. The summed E-state index contributed by atoms with van der Waals surface area (Å²) in [5, 5.41) is 0. The molecule has 2 nitrogen and oxygen atoms in total. The van der Waals surface area contributed by atoms with E-state index < -0.39 is 9.84 Å². The predicted octanol–water partition coefficient (Wildman–Crippen LogP) is 2.51. The van der Waals surface area contributed by atoms with Gasteiger partial charge in [0.15, 0.2) is 9.84 Å². The van der Waals surface area contributed by atoms with Gasteiger partial charge in [-0.1, -0.05) is 18.2 Å². The molecule has 1 rings (SSSR count). The van der Waals surface area contributed by atoms with E-state index in [1.165, 1.54) is 6.26 Å². The lowest BCUT2D eigenvalue weighted by Crippen LogP contribution is -1.96. The molecule has 0 aliphatic carbocycles. The fourth-order valence-electron chi connectivity index (χ4n) is 1.13. The van der Waals surface area contributed by atoms with Crippen molar-refractivity contribution < 1.29 is 8.42 Å². The van der Waals surface area contributed by atoms with Crippen LogP contribution in [0.5, 0.6) is 0 Å². The highest BCUT2D eigenvalue weighted by atomic mass is 32.2. The van der Waals surface area contributed by atoms with Crippen molar-refractivity contribution >= 4 is 15.4 Å². The van der Waals surface area contributed by atoms with E-state index in [1.54, 1.807) is 12.1 Å². The summed E-state index contributed by atoms with van der Waals surface area (Å²) in [6.45, 7) is 3.95. The maximum absolute atomic E-state index is 11.2. The normalized spacial score (nSPS) is 12.9. The number of benzene rings is 1. The molecule has 0 aliphatic rings. The Morgan fingerprint density at radius 2 is 1.71 bits per heavy atom. The van der Waals surface area contributed by atoms with E-state index in [4.69, 9.17) is 0 Å². The second-order valence-electron chi connectivity index (χ2n) is 3.27. The van der Waals surface area contributed by atoms with Crippen LogP contribution in [-0.2, 0) is 9.84 Å². The predicted molar refractivity (Wildman–Crippen MR) is 58.9 cm³/mol. The van der Waals surface area contributed by atoms with Crippen LogP contribution in [0.2, 0.25) is 0 Å². The van der Waals surface area contributed by atoms with Gasteiger partial charge in [-0.25, -0.2) is 8.42 Å². The Bertz CT molecular complexity index is 439. The van der Waals surface area contributed by atoms with Gasteiger partial charge in [0.25, 0.3) is 0 Å². The molecule has 0 saturated heterocycles. The van der Waals surface area contributed by atoms with Gasteiger partial charge >= 0.3 is 0 Å². The molecule has 0 bridgehead atoms. The molecule has 14 heavy (non-hydrogen) atoms. The highest BCUT2D eigenvalue weighted by Gasteiger charge is 2.05. The largest absolute Gasteiger partial charge is 0.224 e. The number of rotatable bonds is 2. The molecule has 0 fully saturated rings. The molecule has 0 heterocycles. The summed E-state index contributed by atoms with van der Waals surface area (Å²) in [6, 6.07) is 6.92. The monoisotopic (exact) mass is 210 g/mol. The van der Waals surface area contributed by atoms with Gasteiger partial charge in [-0.2, -0.15) is 0 Å². The molecule has 0 N–H and O–H groups in total. The van der Waals surface area contributed by atoms with Crippen LogP contribution in [0, 0.1) is 0 Å². The van der Waals surface area contributed by atoms with Gasteiger partial charge in [0.2, 0.25) is 0 Å². The van der Waals surface area contributed by atoms with Crippen LogP contribution in [-0.4, -0.2) is 14.7 Å². The summed E-state index contributed by atoms with van der Waals surface area (Å²) >= 11 is 0. The molecule has 76 valence electrons. The molecular formula is C11H14O2S. The minimum atomic E-state index is -3.07. The van der Waals surface area contributed by atoms with Crippen LogP contribution in [0.25, 0.3) is 5.57 Å². The number of allylic oxidation sites excluding steroid dienone is 2. The average Bonchev–Trinajstić information content (AvgIpc) is 2.15. The maximum Gasteiger partial charge on any atom is 0.175 e. The van der Waals surface area contributed by atoms with E-state index >= 15 is 0 Å². The van der Waals surface area contributed by atoms with Crippen molar-refractivity contribution in [3.63, 3.8) is 0 Å². The molecular weight excluding hydrogens is 196 g/mol. The first-order valence-corrected chi connectivity index (χ1v) is 6.27. The zero-order valence-electron chi connectivity index (χ0n) is 8.61. The summed E-state index contributed by atoms with van der Waals surface area (Å²) in [7, 11) is -3.07. The minimum Gasteiger partial charge on any atom is -0.224 e. The zero-order valence-corrected chi connectivity index (χ0v) is 9.43. The number of sulfone groups is 1. The van der Waals surface area contributed by atoms with Crippen molar-refractivity contribution in [2.24, 2.45) is 0 Å². The van der Waals surface area contributed by atoms with Crippen molar-refractivity contribution in [2.75, 3.05) is 6.26 Å². The molecule has 3 heteroatoms. The topological polar surface area (TPSA) is 34.1 Å². The van der Waals surface area contributed by atoms with Gasteiger partial charge in [-0.05, 0) is 37.1 Å². The molecule has 0 aromatic heterocycles. The van der Waals surface area contributed by atoms with Crippen molar-refractivity contribution in [2.45, 2.75) is 18.7 Å². The second kappa shape index (κ2) is 3.96. The quantitative estimate of drug-likeness (QED) is 0.751. The van der Waals surface area contributed by atoms with Gasteiger partial charge in [-0.3, -0.25) is 0 Å². The van der Waals surface area contributed by atoms with Crippen LogP contribution in [0.4, 0.5) is 0 Å². The van der Waals surface area contributed by atoms with Crippen molar-refractivity contribution in [1.29, 1.82) is 0 Å². The summed E-state index contributed by atoms with van der Waals surface area (Å²) in [6.07, 6.45) is 3.21. The molecule has 0 unspecified atom stereocenters. The summed E-state index contributed by atoms with van der Waals surface area (Å²) < 4.78 is 22.3. The van der Waals surface area contributed by atoms with Crippen molar-refractivity contribution in [1.82, 2.24) is 0 Å². The fraction of sp³-hybridized carbons (Fsp3) is 0.273. The van der Waals surface area contributed by atoms with E-state index in [0.29, 0.717) is 4.90 Å². The van der Waals surface area contributed by atoms with E-state index in [0.717, 1.165) is 11.1 Å². The Hall–Kier alpha value is -1.09. The highest BCUT2D eigenvalue weighted by Crippen LogP contribution is 2.16. The summed E-state index contributed by atoms with van der Waals surface area (Å²) in [5.74, 6) is 0. The Morgan fingerprint density at radius 3 is 2.07 bits per heavy atom. The summed E-state index contributed by atoms with van der Waals surface area (Å²) in [5.41, 5.74) is 2.20. The third-order valence-electron chi connectivity index (χ3n) is 2.17. The van der Waals surface area contributed by atoms with E-state index in [-0.39, 0.29) is 0 Å². The maximum atomic E-state index is 11.2. The lowest BCUT2D eigenvalue weighted by molar-refractivity contribution is 0.602. The van der Waals surface area contributed by atoms with E-state index in [1.807, 2.05) is 32.1 Å². The van der Waals surface area contributed by atoms with Crippen LogP contribution in [0.1, 0.15) is 19.4 Å². The van der Waals surface area contributed by atoms with Crippen LogP contribution in [0.15, 0.2) is 35.2 Å². The molecule has 0 amide bonds. The number of hydrogen-bond donors (Lipinski definition) is 0. The first kappa shape index (κ1) is 11.0. The second-order valence-corrected chi connectivity index (χ2v) is 5.28. The standard InChI is InChI=1S/C11H14O2S/c1-4-9(2)10-5-7-11(8-6-10)14(3,12)13/h4-8H,1-3H3. The molecule has 0 saturated carbocycles. The van der Waals surface area contributed by atoms with Gasteiger partial charge in [0, 0.05) is 6.26 Å². The first-order valence-electron chi connectivity index (χ1n) is 4.38. The first-order chi connectivity index (χ1) is 6.45.